The first-order valence-corrected chi connectivity index (χ1v) is 10.1. The highest BCUT2D eigenvalue weighted by atomic mass is 16.5. The minimum Gasteiger partial charge on any atom is -0.494 e. The number of nitrogens with zero attached hydrogens (tertiary/aromatic N) is 5. The van der Waals surface area contributed by atoms with Gasteiger partial charge in [0.1, 0.15) is 12.3 Å². The van der Waals surface area contributed by atoms with Crippen molar-refractivity contribution in [3.8, 4) is 17.1 Å². The molecule has 0 fully saturated rings. The molecule has 1 amide bonds. The quantitative estimate of drug-likeness (QED) is 0.299. The monoisotopic (exact) mass is 406 g/mol. The predicted molar refractivity (Wildman–Crippen MR) is 115 cm³/mol. The molecule has 0 aliphatic carbocycles. The van der Waals surface area contributed by atoms with Crippen molar-refractivity contribution >= 4 is 12.1 Å². The Kier molecular flexibility index (Phi) is 8.08. The first kappa shape index (κ1) is 21.2. The molecule has 3 rings (SSSR count). The molecule has 0 atom stereocenters. The van der Waals surface area contributed by atoms with Crippen LogP contribution in [0.25, 0.3) is 11.4 Å². The summed E-state index contributed by atoms with van der Waals surface area (Å²) in [5, 5.41) is 16.0. The molecule has 30 heavy (non-hydrogen) atoms. The molecule has 1 N–H and O–H groups in total. The number of hydrazone groups is 1. The van der Waals surface area contributed by atoms with E-state index in [2.05, 4.69) is 32.9 Å². The van der Waals surface area contributed by atoms with E-state index in [-0.39, 0.29) is 12.5 Å². The van der Waals surface area contributed by atoms with Crippen LogP contribution in [0.1, 0.15) is 38.2 Å². The van der Waals surface area contributed by atoms with Crippen molar-refractivity contribution in [2.24, 2.45) is 5.10 Å². The number of aromatic nitrogens is 4. The van der Waals surface area contributed by atoms with Crippen LogP contribution in [0.3, 0.4) is 0 Å². The van der Waals surface area contributed by atoms with Gasteiger partial charge in [-0.3, -0.25) is 4.79 Å². The van der Waals surface area contributed by atoms with E-state index >= 15 is 0 Å². The molecule has 156 valence electrons. The Balaban J connectivity index is 1.42. The van der Waals surface area contributed by atoms with Crippen LogP contribution in [0.5, 0.6) is 5.75 Å². The lowest BCUT2D eigenvalue weighted by molar-refractivity contribution is -0.122. The maximum absolute atomic E-state index is 12.0. The number of benzene rings is 2. The van der Waals surface area contributed by atoms with Crippen molar-refractivity contribution in [2.45, 2.75) is 39.2 Å². The maximum atomic E-state index is 12.0. The number of ether oxygens (including phenoxy) is 1. The second kappa shape index (κ2) is 11.5. The lowest BCUT2D eigenvalue weighted by Crippen LogP contribution is -2.24. The van der Waals surface area contributed by atoms with E-state index in [1.54, 1.807) is 6.21 Å². The van der Waals surface area contributed by atoms with Crippen molar-refractivity contribution in [3.63, 3.8) is 0 Å². The lowest BCUT2D eigenvalue weighted by atomic mass is 10.2. The average molecular weight is 406 g/mol. The molecule has 8 nitrogen and oxygen atoms in total. The predicted octanol–water partition coefficient (Wildman–Crippen LogP) is 3.45. The zero-order valence-corrected chi connectivity index (χ0v) is 17.1. The Morgan fingerprint density at radius 2 is 1.90 bits per heavy atom. The summed E-state index contributed by atoms with van der Waals surface area (Å²) < 4.78 is 5.71. The Morgan fingerprint density at radius 1 is 1.10 bits per heavy atom. The number of carbonyl (C=O) groups is 1. The van der Waals surface area contributed by atoms with Crippen LogP contribution in [0, 0.1) is 0 Å². The van der Waals surface area contributed by atoms with Gasteiger partial charge in [0.25, 0.3) is 5.91 Å². The first-order valence-electron chi connectivity index (χ1n) is 10.1. The van der Waals surface area contributed by atoms with Gasteiger partial charge in [-0.25, -0.2) is 5.43 Å². The topological polar surface area (TPSA) is 94.3 Å². The number of hydrogen-bond acceptors (Lipinski definition) is 6. The summed E-state index contributed by atoms with van der Waals surface area (Å²) in [7, 11) is 0. The van der Waals surface area contributed by atoms with Gasteiger partial charge in [0.2, 0.25) is 5.82 Å². The Labute approximate surface area is 176 Å². The third kappa shape index (κ3) is 6.80. The van der Waals surface area contributed by atoms with Crippen molar-refractivity contribution in [3.05, 3.63) is 60.2 Å². The van der Waals surface area contributed by atoms with Gasteiger partial charge in [0.05, 0.1) is 12.8 Å². The highest BCUT2D eigenvalue weighted by Crippen LogP contribution is 2.13. The molecule has 2 aromatic carbocycles. The number of hydrogen-bond donors (Lipinski definition) is 1. The van der Waals surface area contributed by atoms with Crippen LogP contribution in [0.2, 0.25) is 0 Å². The molecule has 1 aromatic heterocycles. The van der Waals surface area contributed by atoms with Crippen molar-refractivity contribution < 1.29 is 9.53 Å². The second-order valence-corrected chi connectivity index (χ2v) is 6.78. The number of amides is 1. The highest BCUT2D eigenvalue weighted by molar-refractivity contribution is 5.82. The maximum Gasteiger partial charge on any atom is 0.263 e. The van der Waals surface area contributed by atoms with Gasteiger partial charge < -0.3 is 4.74 Å². The van der Waals surface area contributed by atoms with Crippen LogP contribution < -0.4 is 10.2 Å². The largest absolute Gasteiger partial charge is 0.494 e. The molecular formula is C22H26N6O2. The van der Waals surface area contributed by atoms with Crippen molar-refractivity contribution in [2.75, 3.05) is 6.61 Å². The van der Waals surface area contributed by atoms with E-state index in [0.29, 0.717) is 5.82 Å². The molecule has 0 aliphatic rings. The first-order chi connectivity index (χ1) is 14.7. The Hall–Kier alpha value is -3.55. The van der Waals surface area contributed by atoms with Crippen LogP contribution in [0.15, 0.2) is 59.7 Å². The van der Waals surface area contributed by atoms with E-state index in [4.69, 9.17) is 4.74 Å². The molecule has 1 heterocycles. The van der Waals surface area contributed by atoms with Crippen LogP contribution in [-0.4, -0.2) is 38.9 Å². The molecule has 0 radical (unpaired) electrons. The Bertz CT molecular complexity index is 938. The molecule has 8 heteroatoms. The highest BCUT2D eigenvalue weighted by Gasteiger charge is 2.08. The summed E-state index contributed by atoms with van der Waals surface area (Å²) in [5.74, 6) is 0.967. The fourth-order valence-electron chi connectivity index (χ4n) is 2.72. The van der Waals surface area contributed by atoms with E-state index in [1.165, 1.54) is 24.1 Å². The zero-order valence-electron chi connectivity index (χ0n) is 17.1. The number of unbranched alkanes of at least 4 members (excludes halogenated alkanes) is 3. The average Bonchev–Trinajstić information content (AvgIpc) is 3.24. The molecule has 3 aromatic rings. The van der Waals surface area contributed by atoms with Crippen LogP contribution >= 0.6 is 0 Å². The van der Waals surface area contributed by atoms with E-state index in [0.717, 1.165) is 29.9 Å². The number of tetrazole rings is 1. The fraction of sp³-hybridized carbons (Fsp3) is 0.318. The SMILES string of the molecule is CCCCCCOc1ccc(/C=N\NC(=O)Cn2nnc(-c3ccccc3)n2)cc1. The molecule has 0 unspecified atom stereocenters. The van der Waals surface area contributed by atoms with E-state index in [1.807, 2.05) is 54.6 Å². The minimum atomic E-state index is -0.338. The molecule has 0 saturated heterocycles. The summed E-state index contributed by atoms with van der Waals surface area (Å²) in [6, 6.07) is 17.0. The fourth-order valence-corrected chi connectivity index (χ4v) is 2.72. The third-order valence-corrected chi connectivity index (χ3v) is 4.32. The normalized spacial score (nSPS) is 11.0. The van der Waals surface area contributed by atoms with Gasteiger partial charge in [-0.05, 0) is 41.5 Å². The van der Waals surface area contributed by atoms with Crippen LogP contribution in [0.4, 0.5) is 0 Å². The van der Waals surface area contributed by atoms with Gasteiger partial charge in [-0.2, -0.15) is 9.90 Å². The van der Waals surface area contributed by atoms with E-state index in [9.17, 15) is 4.79 Å². The summed E-state index contributed by atoms with van der Waals surface area (Å²) in [5.41, 5.74) is 4.17. The molecule has 0 aliphatic heterocycles. The van der Waals surface area contributed by atoms with Gasteiger partial charge in [0, 0.05) is 5.56 Å². The lowest BCUT2D eigenvalue weighted by Gasteiger charge is -2.05. The number of nitrogens with one attached hydrogen (secondary N) is 1. The summed E-state index contributed by atoms with van der Waals surface area (Å²) in [6.07, 6.45) is 6.29. The molecule has 0 saturated carbocycles. The molecule has 0 spiro atoms. The number of carbonyl (C=O) groups excluding carboxylic acids is 1. The minimum absolute atomic E-state index is 0.0675. The summed E-state index contributed by atoms with van der Waals surface area (Å²) in [4.78, 5) is 13.3. The van der Waals surface area contributed by atoms with Gasteiger partial charge in [0.15, 0.2) is 0 Å². The Morgan fingerprint density at radius 3 is 2.67 bits per heavy atom. The van der Waals surface area contributed by atoms with Gasteiger partial charge in [-0.15, -0.1) is 10.2 Å². The smallest absolute Gasteiger partial charge is 0.263 e. The van der Waals surface area contributed by atoms with Crippen molar-refractivity contribution in [1.29, 1.82) is 0 Å². The van der Waals surface area contributed by atoms with Gasteiger partial charge in [-0.1, -0.05) is 56.5 Å². The van der Waals surface area contributed by atoms with E-state index < -0.39 is 0 Å². The summed E-state index contributed by atoms with van der Waals surface area (Å²) in [6.45, 7) is 2.85. The van der Waals surface area contributed by atoms with Gasteiger partial charge >= 0.3 is 0 Å². The standard InChI is InChI=1S/C22H26N6O2/c1-2-3-4-8-15-30-20-13-11-18(12-14-20)16-23-24-21(29)17-28-26-22(25-27-28)19-9-6-5-7-10-19/h5-7,9-14,16H,2-4,8,15,17H2,1H3,(H,24,29)/b23-16-. The summed E-state index contributed by atoms with van der Waals surface area (Å²) >= 11 is 0. The van der Waals surface area contributed by atoms with Crippen molar-refractivity contribution in [1.82, 2.24) is 25.6 Å². The van der Waals surface area contributed by atoms with Crippen LogP contribution in [-0.2, 0) is 11.3 Å². The molecule has 0 bridgehead atoms. The zero-order chi connectivity index (χ0) is 21.0. The molecular weight excluding hydrogens is 380 g/mol. The third-order valence-electron chi connectivity index (χ3n) is 4.32. The second-order valence-electron chi connectivity index (χ2n) is 6.78. The number of rotatable bonds is 11.